The average molecular weight is 341 g/mol. The maximum atomic E-state index is 12.7. The summed E-state index contributed by atoms with van der Waals surface area (Å²) in [6.07, 6.45) is 1.74. The van der Waals surface area contributed by atoms with E-state index in [0.717, 1.165) is 28.7 Å². The highest BCUT2D eigenvalue weighted by Crippen LogP contribution is 2.28. The summed E-state index contributed by atoms with van der Waals surface area (Å²) in [6, 6.07) is 9.22. The van der Waals surface area contributed by atoms with E-state index in [1.165, 1.54) is 12.3 Å². The van der Waals surface area contributed by atoms with Crippen molar-refractivity contribution in [1.82, 2.24) is 4.90 Å². The van der Waals surface area contributed by atoms with Gasteiger partial charge in [0.05, 0.1) is 11.8 Å². The van der Waals surface area contributed by atoms with Crippen LogP contribution < -0.4 is 0 Å². The van der Waals surface area contributed by atoms with Crippen LogP contribution in [0.15, 0.2) is 45.4 Å². The van der Waals surface area contributed by atoms with E-state index in [-0.39, 0.29) is 23.7 Å². The molecule has 2 heterocycles. The van der Waals surface area contributed by atoms with Crippen molar-refractivity contribution in [3.05, 3.63) is 59.2 Å². The summed E-state index contributed by atoms with van der Waals surface area (Å²) in [7, 11) is 1.68. The zero-order chi connectivity index (χ0) is 18.0. The molecule has 0 unspecified atom stereocenters. The first-order valence-electron chi connectivity index (χ1n) is 8.04. The van der Waals surface area contributed by atoms with Crippen LogP contribution >= 0.6 is 0 Å². The first-order chi connectivity index (χ1) is 12.0. The maximum absolute atomic E-state index is 12.7. The van der Waals surface area contributed by atoms with Gasteiger partial charge in [-0.2, -0.15) is 0 Å². The van der Waals surface area contributed by atoms with E-state index in [1.54, 1.807) is 11.9 Å². The van der Waals surface area contributed by atoms with Crippen LogP contribution in [0.1, 0.15) is 34.4 Å². The lowest BCUT2D eigenvalue weighted by Gasteiger charge is -2.17. The van der Waals surface area contributed by atoms with Crippen molar-refractivity contribution in [3.8, 4) is 0 Å². The molecule has 6 heteroatoms. The largest absolute Gasteiger partial charge is 0.481 e. The molecule has 130 valence electrons. The Kier molecular flexibility index (Phi) is 4.61. The number of fused-ring (bicyclic) bond motifs is 1. The van der Waals surface area contributed by atoms with Crippen molar-refractivity contribution in [1.29, 1.82) is 0 Å². The summed E-state index contributed by atoms with van der Waals surface area (Å²) >= 11 is 0. The standard InChI is InChI=1S/C19H19NO5/c1-3-15-14(12-6-4-5-7-16(12)25-15)11-20(2)19(23)13-8-9-24-17(13)10-18(21)22/h4-9H,3,10-11H2,1-2H3,(H,21,22). The van der Waals surface area contributed by atoms with Crippen molar-refractivity contribution in [2.75, 3.05) is 7.05 Å². The molecule has 0 radical (unpaired) electrons. The van der Waals surface area contributed by atoms with Crippen molar-refractivity contribution in [2.45, 2.75) is 26.3 Å². The molecule has 3 rings (SSSR count). The lowest BCUT2D eigenvalue weighted by molar-refractivity contribution is -0.136. The van der Waals surface area contributed by atoms with Crippen LogP contribution in [0.4, 0.5) is 0 Å². The van der Waals surface area contributed by atoms with Crippen LogP contribution in [-0.4, -0.2) is 28.9 Å². The second kappa shape index (κ2) is 6.84. The third-order valence-corrected chi connectivity index (χ3v) is 4.13. The third kappa shape index (κ3) is 3.28. The number of hydrogen-bond donors (Lipinski definition) is 1. The summed E-state index contributed by atoms with van der Waals surface area (Å²) in [5.74, 6) is -0.311. The summed E-state index contributed by atoms with van der Waals surface area (Å²) < 4.78 is 11.0. The summed E-state index contributed by atoms with van der Waals surface area (Å²) in [5.41, 5.74) is 2.04. The molecule has 3 aromatic rings. The van der Waals surface area contributed by atoms with Gasteiger partial charge in [-0.1, -0.05) is 25.1 Å². The van der Waals surface area contributed by atoms with Gasteiger partial charge in [0, 0.05) is 31.0 Å². The lowest BCUT2D eigenvalue weighted by atomic mass is 10.1. The number of carbonyl (C=O) groups excluding carboxylic acids is 1. The molecule has 2 aromatic heterocycles. The molecular formula is C19H19NO5. The van der Waals surface area contributed by atoms with Crippen LogP contribution in [0.5, 0.6) is 0 Å². The van der Waals surface area contributed by atoms with Crippen molar-refractivity contribution < 1.29 is 23.5 Å². The number of nitrogens with zero attached hydrogens (tertiary/aromatic N) is 1. The zero-order valence-corrected chi connectivity index (χ0v) is 14.1. The Labute approximate surface area is 144 Å². The second-order valence-corrected chi connectivity index (χ2v) is 5.84. The minimum atomic E-state index is -1.04. The van der Waals surface area contributed by atoms with Crippen LogP contribution in [0.2, 0.25) is 0 Å². The van der Waals surface area contributed by atoms with Gasteiger partial charge in [-0.15, -0.1) is 0 Å². The molecule has 0 saturated carbocycles. The fraction of sp³-hybridized carbons (Fsp3) is 0.263. The number of para-hydroxylation sites is 1. The number of rotatable bonds is 6. The number of benzene rings is 1. The van der Waals surface area contributed by atoms with Gasteiger partial charge in [0.2, 0.25) is 0 Å². The predicted octanol–water partition coefficient (Wildman–Crippen LogP) is 3.49. The van der Waals surface area contributed by atoms with Crippen molar-refractivity contribution in [3.63, 3.8) is 0 Å². The number of amides is 1. The predicted molar refractivity (Wildman–Crippen MR) is 91.4 cm³/mol. The highest BCUT2D eigenvalue weighted by Gasteiger charge is 2.22. The van der Waals surface area contributed by atoms with Gasteiger partial charge < -0.3 is 18.8 Å². The molecular weight excluding hydrogens is 322 g/mol. The van der Waals surface area contributed by atoms with Gasteiger partial charge in [0.1, 0.15) is 23.5 Å². The molecule has 0 bridgehead atoms. The number of hydrogen-bond acceptors (Lipinski definition) is 4. The van der Waals surface area contributed by atoms with E-state index in [4.69, 9.17) is 13.9 Å². The molecule has 0 aliphatic carbocycles. The molecule has 0 aliphatic rings. The SMILES string of the molecule is CCc1oc2ccccc2c1CN(C)C(=O)c1ccoc1CC(=O)O. The maximum Gasteiger partial charge on any atom is 0.311 e. The Morgan fingerprint density at radius 1 is 1.16 bits per heavy atom. The number of carboxylic acids is 1. The number of carboxylic acid groups (broad SMARTS) is 1. The highest BCUT2D eigenvalue weighted by molar-refractivity contribution is 5.96. The van der Waals surface area contributed by atoms with Crippen molar-refractivity contribution in [2.24, 2.45) is 0 Å². The molecule has 0 spiro atoms. The average Bonchev–Trinajstić information content (AvgIpc) is 3.18. The lowest BCUT2D eigenvalue weighted by Crippen LogP contribution is -2.27. The topological polar surface area (TPSA) is 83.9 Å². The number of furan rings is 2. The molecule has 1 N–H and O–H groups in total. The van der Waals surface area contributed by atoms with Crippen LogP contribution in [0.25, 0.3) is 11.0 Å². The number of aliphatic carboxylic acids is 1. The van der Waals surface area contributed by atoms with Gasteiger partial charge in [0.25, 0.3) is 5.91 Å². The Hall–Kier alpha value is -3.02. The second-order valence-electron chi connectivity index (χ2n) is 5.84. The zero-order valence-electron chi connectivity index (χ0n) is 14.1. The van der Waals surface area contributed by atoms with Crippen molar-refractivity contribution >= 4 is 22.8 Å². The van der Waals surface area contributed by atoms with Crippen LogP contribution in [0.3, 0.4) is 0 Å². The van der Waals surface area contributed by atoms with Crippen LogP contribution in [-0.2, 0) is 24.2 Å². The van der Waals surface area contributed by atoms with Gasteiger partial charge in [-0.25, -0.2) is 0 Å². The Balaban J connectivity index is 1.88. The van der Waals surface area contributed by atoms with Gasteiger partial charge in [0.15, 0.2) is 0 Å². The molecule has 0 atom stereocenters. The quantitative estimate of drug-likeness (QED) is 0.742. The van der Waals surface area contributed by atoms with E-state index in [0.29, 0.717) is 6.54 Å². The summed E-state index contributed by atoms with van der Waals surface area (Å²) in [6.45, 7) is 2.38. The molecule has 25 heavy (non-hydrogen) atoms. The minimum Gasteiger partial charge on any atom is -0.481 e. The van der Waals surface area contributed by atoms with E-state index in [9.17, 15) is 9.59 Å². The first-order valence-corrected chi connectivity index (χ1v) is 8.04. The van der Waals surface area contributed by atoms with E-state index in [2.05, 4.69) is 0 Å². The van der Waals surface area contributed by atoms with Gasteiger partial charge >= 0.3 is 5.97 Å². The molecule has 0 saturated heterocycles. The molecule has 6 nitrogen and oxygen atoms in total. The Bertz CT molecular complexity index is 921. The first kappa shape index (κ1) is 16.8. The molecule has 0 aliphatic heterocycles. The number of carbonyl (C=O) groups is 2. The fourth-order valence-electron chi connectivity index (χ4n) is 2.93. The van der Waals surface area contributed by atoms with E-state index >= 15 is 0 Å². The molecule has 0 fully saturated rings. The van der Waals surface area contributed by atoms with E-state index in [1.807, 2.05) is 31.2 Å². The smallest absolute Gasteiger partial charge is 0.311 e. The normalized spacial score (nSPS) is 11.0. The highest BCUT2D eigenvalue weighted by atomic mass is 16.4. The van der Waals surface area contributed by atoms with Gasteiger partial charge in [-0.05, 0) is 12.1 Å². The third-order valence-electron chi connectivity index (χ3n) is 4.13. The fourth-order valence-corrected chi connectivity index (χ4v) is 2.93. The molecule has 1 amide bonds. The Morgan fingerprint density at radius 3 is 2.64 bits per heavy atom. The minimum absolute atomic E-state index is 0.164. The summed E-state index contributed by atoms with van der Waals surface area (Å²) in [5, 5.41) is 9.91. The van der Waals surface area contributed by atoms with E-state index < -0.39 is 5.97 Å². The summed E-state index contributed by atoms with van der Waals surface area (Å²) in [4.78, 5) is 25.2. The monoisotopic (exact) mass is 341 g/mol. The molecule has 1 aromatic carbocycles. The number of aryl methyl sites for hydroxylation is 1. The van der Waals surface area contributed by atoms with Gasteiger partial charge in [-0.3, -0.25) is 9.59 Å². The Morgan fingerprint density at radius 2 is 1.92 bits per heavy atom. The van der Waals surface area contributed by atoms with Crippen LogP contribution in [0, 0.1) is 0 Å².